The zero-order valence-electron chi connectivity index (χ0n) is 7.13. The van der Waals surface area contributed by atoms with Crippen LogP contribution in [0.1, 0.15) is 34.2 Å². The summed E-state index contributed by atoms with van der Waals surface area (Å²) in [5.74, 6) is -0.857. The molecule has 0 aromatic carbocycles. The van der Waals surface area contributed by atoms with Gasteiger partial charge in [-0.2, -0.15) is 0 Å². The molecule has 1 aromatic heterocycles. The van der Waals surface area contributed by atoms with Gasteiger partial charge in [0, 0.05) is 0 Å². The van der Waals surface area contributed by atoms with Crippen LogP contribution in [-0.2, 0) is 12.8 Å². The molecule has 4 heteroatoms. The first-order chi connectivity index (χ1) is 5.69. The summed E-state index contributed by atoms with van der Waals surface area (Å²) in [5.41, 5.74) is 0.712. The van der Waals surface area contributed by atoms with Crippen molar-refractivity contribution >= 4 is 17.3 Å². The van der Waals surface area contributed by atoms with Crippen LogP contribution in [-0.4, -0.2) is 16.1 Å². The third kappa shape index (κ3) is 1.64. The van der Waals surface area contributed by atoms with Gasteiger partial charge in [-0.15, -0.1) is 11.3 Å². The van der Waals surface area contributed by atoms with Crippen molar-refractivity contribution in [2.75, 3.05) is 0 Å². The molecular weight excluding hydrogens is 174 g/mol. The summed E-state index contributed by atoms with van der Waals surface area (Å²) in [4.78, 5) is 15.3. The van der Waals surface area contributed by atoms with Gasteiger partial charge in [-0.25, -0.2) is 9.78 Å². The van der Waals surface area contributed by atoms with Crippen LogP contribution in [0.2, 0.25) is 0 Å². The van der Waals surface area contributed by atoms with Crippen molar-refractivity contribution in [1.82, 2.24) is 4.98 Å². The number of rotatable bonds is 3. The van der Waals surface area contributed by atoms with Gasteiger partial charge in [0.2, 0.25) is 0 Å². The number of carbonyl (C=O) groups is 1. The molecule has 66 valence electrons. The fourth-order valence-corrected chi connectivity index (χ4v) is 1.89. The second-order valence-electron chi connectivity index (χ2n) is 2.40. The average molecular weight is 185 g/mol. The van der Waals surface area contributed by atoms with Gasteiger partial charge >= 0.3 is 5.97 Å². The lowest BCUT2D eigenvalue weighted by molar-refractivity contribution is 0.0701. The first-order valence-electron chi connectivity index (χ1n) is 3.90. The first kappa shape index (κ1) is 9.19. The highest BCUT2D eigenvalue weighted by molar-refractivity contribution is 7.13. The number of hydrogen-bond donors (Lipinski definition) is 1. The fourth-order valence-electron chi connectivity index (χ4n) is 0.959. The molecule has 0 saturated heterocycles. The normalized spacial score (nSPS) is 10.2. The number of nitrogens with zero attached hydrogens (tertiary/aromatic N) is 1. The SMILES string of the molecule is CCc1nc(CC)c(C(=O)O)s1. The van der Waals surface area contributed by atoms with Gasteiger partial charge in [-0.3, -0.25) is 0 Å². The molecule has 0 spiro atoms. The van der Waals surface area contributed by atoms with Crippen LogP contribution < -0.4 is 0 Å². The van der Waals surface area contributed by atoms with Crippen LogP contribution in [0.5, 0.6) is 0 Å². The Morgan fingerprint density at radius 1 is 1.50 bits per heavy atom. The van der Waals surface area contributed by atoms with Crippen LogP contribution in [0.25, 0.3) is 0 Å². The molecule has 0 aliphatic rings. The van der Waals surface area contributed by atoms with Crippen molar-refractivity contribution in [3.05, 3.63) is 15.6 Å². The van der Waals surface area contributed by atoms with Crippen LogP contribution in [0.15, 0.2) is 0 Å². The molecule has 0 aliphatic heterocycles. The van der Waals surface area contributed by atoms with E-state index in [1.165, 1.54) is 11.3 Å². The predicted molar refractivity (Wildman–Crippen MR) is 47.8 cm³/mol. The van der Waals surface area contributed by atoms with Crippen LogP contribution in [0.4, 0.5) is 0 Å². The van der Waals surface area contributed by atoms with E-state index in [4.69, 9.17) is 5.11 Å². The zero-order chi connectivity index (χ0) is 9.14. The minimum atomic E-state index is -0.857. The Morgan fingerprint density at radius 2 is 2.17 bits per heavy atom. The molecule has 0 fully saturated rings. The molecular formula is C8H11NO2S. The summed E-state index contributed by atoms with van der Waals surface area (Å²) in [5, 5.41) is 9.68. The average Bonchev–Trinajstić information content (AvgIpc) is 2.47. The van der Waals surface area contributed by atoms with Crippen molar-refractivity contribution in [2.45, 2.75) is 26.7 Å². The van der Waals surface area contributed by atoms with E-state index in [-0.39, 0.29) is 0 Å². The second-order valence-corrected chi connectivity index (χ2v) is 3.48. The Kier molecular flexibility index (Phi) is 2.81. The van der Waals surface area contributed by atoms with Crippen molar-refractivity contribution < 1.29 is 9.90 Å². The lowest BCUT2D eigenvalue weighted by Crippen LogP contribution is -1.97. The molecule has 0 aliphatic carbocycles. The molecule has 0 amide bonds. The number of aromatic carboxylic acids is 1. The van der Waals surface area contributed by atoms with Gasteiger partial charge in [0.1, 0.15) is 4.88 Å². The number of carboxylic acids is 1. The number of thiazole rings is 1. The highest BCUT2D eigenvalue weighted by Crippen LogP contribution is 2.19. The molecule has 1 N–H and O–H groups in total. The lowest BCUT2D eigenvalue weighted by Gasteiger charge is -1.89. The topological polar surface area (TPSA) is 50.2 Å². The maximum Gasteiger partial charge on any atom is 0.347 e. The van der Waals surface area contributed by atoms with E-state index in [2.05, 4.69) is 4.98 Å². The van der Waals surface area contributed by atoms with Crippen LogP contribution in [0.3, 0.4) is 0 Å². The minimum absolute atomic E-state index is 0.398. The summed E-state index contributed by atoms with van der Waals surface area (Å²) in [7, 11) is 0. The van der Waals surface area contributed by atoms with E-state index >= 15 is 0 Å². The van der Waals surface area contributed by atoms with Gasteiger partial charge in [0.15, 0.2) is 0 Å². The summed E-state index contributed by atoms with van der Waals surface area (Å²) < 4.78 is 0. The quantitative estimate of drug-likeness (QED) is 0.783. The third-order valence-electron chi connectivity index (χ3n) is 1.57. The van der Waals surface area contributed by atoms with Crippen molar-refractivity contribution in [2.24, 2.45) is 0 Å². The Hall–Kier alpha value is -0.900. The van der Waals surface area contributed by atoms with Gasteiger partial charge in [0.25, 0.3) is 0 Å². The van der Waals surface area contributed by atoms with Gasteiger partial charge in [0.05, 0.1) is 10.7 Å². The smallest absolute Gasteiger partial charge is 0.347 e. The largest absolute Gasteiger partial charge is 0.477 e. The Labute approximate surface area is 75.1 Å². The number of carboxylic acid groups (broad SMARTS) is 1. The number of aryl methyl sites for hydroxylation is 2. The highest BCUT2D eigenvalue weighted by atomic mass is 32.1. The van der Waals surface area contributed by atoms with Crippen LogP contribution >= 0.6 is 11.3 Å². The van der Waals surface area contributed by atoms with Crippen LogP contribution in [0, 0.1) is 0 Å². The van der Waals surface area contributed by atoms with Gasteiger partial charge in [-0.1, -0.05) is 13.8 Å². The fraction of sp³-hybridized carbons (Fsp3) is 0.500. The molecule has 1 heterocycles. The summed E-state index contributed by atoms with van der Waals surface area (Å²) in [6.45, 7) is 3.89. The molecule has 0 atom stereocenters. The maximum atomic E-state index is 10.7. The standard InChI is InChI=1S/C8H11NO2S/c1-3-5-7(8(10)11)12-6(4-2)9-5/h3-4H2,1-2H3,(H,10,11). The summed E-state index contributed by atoms with van der Waals surface area (Å²) in [6.07, 6.45) is 1.50. The molecule has 1 aromatic rings. The Bertz CT molecular complexity index is 293. The minimum Gasteiger partial charge on any atom is -0.477 e. The van der Waals surface area contributed by atoms with Crippen molar-refractivity contribution in [3.8, 4) is 0 Å². The van der Waals surface area contributed by atoms with E-state index in [0.29, 0.717) is 17.0 Å². The van der Waals surface area contributed by atoms with Gasteiger partial charge in [-0.05, 0) is 12.8 Å². The molecule has 3 nitrogen and oxygen atoms in total. The maximum absolute atomic E-state index is 10.7. The molecule has 0 saturated carbocycles. The lowest BCUT2D eigenvalue weighted by atomic mass is 10.3. The Morgan fingerprint density at radius 3 is 2.50 bits per heavy atom. The highest BCUT2D eigenvalue weighted by Gasteiger charge is 2.14. The third-order valence-corrected chi connectivity index (χ3v) is 2.80. The van der Waals surface area contributed by atoms with E-state index in [1.807, 2.05) is 13.8 Å². The monoisotopic (exact) mass is 185 g/mol. The molecule has 1 rings (SSSR count). The van der Waals surface area contributed by atoms with E-state index in [1.54, 1.807) is 0 Å². The molecule has 12 heavy (non-hydrogen) atoms. The van der Waals surface area contributed by atoms with E-state index in [0.717, 1.165) is 11.4 Å². The molecule has 0 bridgehead atoms. The second kappa shape index (κ2) is 3.67. The van der Waals surface area contributed by atoms with E-state index < -0.39 is 5.97 Å². The Balaban J connectivity index is 3.08. The van der Waals surface area contributed by atoms with Crippen molar-refractivity contribution in [3.63, 3.8) is 0 Å². The predicted octanol–water partition coefficient (Wildman–Crippen LogP) is 1.97. The van der Waals surface area contributed by atoms with E-state index in [9.17, 15) is 4.79 Å². The molecule has 0 unspecified atom stereocenters. The summed E-state index contributed by atoms with van der Waals surface area (Å²) in [6, 6.07) is 0. The van der Waals surface area contributed by atoms with Gasteiger partial charge < -0.3 is 5.11 Å². The zero-order valence-corrected chi connectivity index (χ0v) is 7.94. The molecule has 0 radical (unpaired) electrons. The first-order valence-corrected chi connectivity index (χ1v) is 4.72. The van der Waals surface area contributed by atoms with Crippen molar-refractivity contribution in [1.29, 1.82) is 0 Å². The number of aromatic nitrogens is 1. The number of hydrogen-bond acceptors (Lipinski definition) is 3. The summed E-state index contributed by atoms with van der Waals surface area (Å²) >= 11 is 1.28.